The molecule has 0 saturated carbocycles. The number of benzene rings is 1. The molecule has 0 spiro atoms. The van der Waals surface area contributed by atoms with Gasteiger partial charge in [0.15, 0.2) is 0 Å². The van der Waals surface area contributed by atoms with Crippen molar-refractivity contribution in [1.29, 1.82) is 0 Å². The van der Waals surface area contributed by atoms with Crippen LogP contribution in [0, 0.1) is 0 Å². The molecule has 1 aromatic carbocycles. The molecule has 1 atom stereocenters. The number of rotatable bonds is 4. The van der Waals surface area contributed by atoms with E-state index in [1.54, 1.807) is 24.3 Å². The highest BCUT2D eigenvalue weighted by atomic mass is 35.5. The number of carbonyl (C=O) groups excluding carboxylic acids is 2. The van der Waals surface area contributed by atoms with Gasteiger partial charge in [0, 0.05) is 6.54 Å². The number of halogens is 1. The van der Waals surface area contributed by atoms with Crippen LogP contribution in [-0.2, 0) is 4.79 Å². The second-order valence-electron chi connectivity index (χ2n) is 3.90. The molecule has 18 heavy (non-hydrogen) atoms. The topological polar surface area (TPSA) is 74.7 Å². The molecule has 6 heteroatoms. The Morgan fingerprint density at radius 3 is 2.17 bits per heavy atom. The van der Waals surface area contributed by atoms with Gasteiger partial charge < -0.3 is 5.11 Å². The quantitative estimate of drug-likeness (QED) is 0.660. The maximum atomic E-state index is 11.9. The van der Waals surface area contributed by atoms with Crippen molar-refractivity contribution in [2.75, 3.05) is 6.54 Å². The number of alkyl halides is 1. The van der Waals surface area contributed by atoms with Gasteiger partial charge in [-0.3, -0.25) is 19.3 Å². The maximum absolute atomic E-state index is 11.9. The van der Waals surface area contributed by atoms with E-state index >= 15 is 0 Å². The Balaban J connectivity index is 2.12. The molecule has 1 aliphatic heterocycles. The minimum absolute atomic E-state index is 0.00676. The van der Waals surface area contributed by atoms with Gasteiger partial charge in [-0.2, -0.15) is 0 Å². The molecule has 94 valence electrons. The van der Waals surface area contributed by atoms with Crippen LogP contribution >= 0.6 is 11.6 Å². The largest absolute Gasteiger partial charge is 0.480 e. The van der Waals surface area contributed by atoms with E-state index in [9.17, 15) is 14.4 Å². The van der Waals surface area contributed by atoms with Gasteiger partial charge in [-0.05, 0) is 18.6 Å². The SMILES string of the molecule is O=C(O)[C@@H](Cl)CCN1C(=O)c2ccccc2C1=O. The normalized spacial score (nSPS) is 15.7. The van der Waals surface area contributed by atoms with E-state index in [4.69, 9.17) is 16.7 Å². The highest BCUT2D eigenvalue weighted by Gasteiger charge is 2.35. The fraction of sp³-hybridized carbons (Fsp3) is 0.250. The van der Waals surface area contributed by atoms with Gasteiger partial charge >= 0.3 is 5.97 Å². The first-order valence-corrected chi connectivity index (χ1v) is 5.78. The summed E-state index contributed by atoms with van der Waals surface area (Å²) in [6.45, 7) is 0.00676. The Labute approximate surface area is 108 Å². The predicted octanol–water partition coefficient (Wildman–Crippen LogP) is 1.36. The number of carbonyl (C=O) groups is 3. The summed E-state index contributed by atoms with van der Waals surface area (Å²) < 4.78 is 0. The lowest BCUT2D eigenvalue weighted by molar-refractivity contribution is -0.136. The van der Waals surface area contributed by atoms with Crippen LogP contribution in [0.2, 0.25) is 0 Å². The van der Waals surface area contributed by atoms with E-state index < -0.39 is 23.2 Å². The first-order valence-electron chi connectivity index (χ1n) is 5.34. The molecule has 0 aliphatic carbocycles. The van der Waals surface area contributed by atoms with Crippen LogP contribution in [0.3, 0.4) is 0 Å². The predicted molar refractivity (Wildman–Crippen MR) is 63.7 cm³/mol. The minimum Gasteiger partial charge on any atom is -0.480 e. The smallest absolute Gasteiger partial charge is 0.321 e. The number of nitrogens with zero attached hydrogens (tertiary/aromatic N) is 1. The lowest BCUT2D eigenvalue weighted by Crippen LogP contribution is -2.33. The lowest BCUT2D eigenvalue weighted by Gasteiger charge is -2.14. The van der Waals surface area contributed by atoms with Crippen molar-refractivity contribution >= 4 is 29.4 Å². The third-order valence-electron chi connectivity index (χ3n) is 2.75. The van der Waals surface area contributed by atoms with E-state index in [0.717, 1.165) is 4.90 Å². The van der Waals surface area contributed by atoms with Crippen molar-refractivity contribution in [3.63, 3.8) is 0 Å². The van der Waals surface area contributed by atoms with Crippen LogP contribution in [0.1, 0.15) is 27.1 Å². The maximum Gasteiger partial charge on any atom is 0.321 e. The van der Waals surface area contributed by atoms with Crippen LogP contribution in [-0.4, -0.2) is 39.7 Å². The summed E-state index contributed by atoms with van der Waals surface area (Å²) in [5.41, 5.74) is 0.702. The van der Waals surface area contributed by atoms with E-state index in [1.807, 2.05) is 0 Å². The van der Waals surface area contributed by atoms with Crippen LogP contribution in [0.5, 0.6) is 0 Å². The molecule has 0 fully saturated rings. The summed E-state index contributed by atoms with van der Waals surface area (Å²) in [6.07, 6.45) is 0.0301. The van der Waals surface area contributed by atoms with E-state index in [0.29, 0.717) is 11.1 Å². The number of hydrogen-bond donors (Lipinski definition) is 1. The summed E-state index contributed by atoms with van der Waals surface area (Å²) in [5, 5.41) is 7.54. The van der Waals surface area contributed by atoms with E-state index in [-0.39, 0.29) is 13.0 Å². The summed E-state index contributed by atoms with van der Waals surface area (Å²) in [5.74, 6) is -1.96. The highest BCUT2D eigenvalue weighted by Crippen LogP contribution is 2.22. The fourth-order valence-electron chi connectivity index (χ4n) is 1.81. The van der Waals surface area contributed by atoms with Crippen molar-refractivity contribution in [3.05, 3.63) is 35.4 Å². The van der Waals surface area contributed by atoms with Gasteiger partial charge in [0.25, 0.3) is 11.8 Å². The van der Waals surface area contributed by atoms with Gasteiger partial charge in [0.05, 0.1) is 11.1 Å². The van der Waals surface area contributed by atoms with E-state index in [2.05, 4.69) is 0 Å². The van der Waals surface area contributed by atoms with E-state index in [1.165, 1.54) is 0 Å². The summed E-state index contributed by atoms with van der Waals surface area (Å²) in [7, 11) is 0. The number of hydrogen-bond acceptors (Lipinski definition) is 3. The summed E-state index contributed by atoms with van der Waals surface area (Å²) in [4.78, 5) is 35.4. The molecule has 1 aromatic rings. The molecule has 0 bridgehead atoms. The number of fused-ring (bicyclic) bond motifs is 1. The molecular formula is C12H10ClNO4. The van der Waals surface area contributed by atoms with Gasteiger partial charge in [-0.15, -0.1) is 11.6 Å². The number of amides is 2. The fourth-order valence-corrected chi connectivity index (χ4v) is 1.91. The number of imide groups is 1. The minimum atomic E-state index is -1.16. The molecule has 5 nitrogen and oxygen atoms in total. The molecule has 0 unspecified atom stereocenters. The lowest BCUT2D eigenvalue weighted by atomic mass is 10.1. The third-order valence-corrected chi connectivity index (χ3v) is 3.16. The van der Waals surface area contributed by atoms with Crippen molar-refractivity contribution in [2.45, 2.75) is 11.8 Å². The van der Waals surface area contributed by atoms with Crippen LogP contribution in [0.25, 0.3) is 0 Å². The standard InChI is InChI=1S/C12H10ClNO4/c13-9(12(17)18)5-6-14-10(15)7-3-1-2-4-8(7)11(14)16/h1-4,9H,5-6H2,(H,17,18)/t9-/m0/s1. The zero-order valence-electron chi connectivity index (χ0n) is 9.30. The molecule has 0 saturated heterocycles. The average molecular weight is 268 g/mol. The van der Waals surface area contributed by atoms with Gasteiger partial charge in [-0.25, -0.2) is 0 Å². The Kier molecular flexibility index (Phi) is 3.34. The second kappa shape index (κ2) is 4.78. The Morgan fingerprint density at radius 1 is 1.22 bits per heavy atom. The Morgan fingerprint density at radius 2 is 1.72 bits per heavy atom. The second-order valence-corrected chi connectivity index (χ2v) is 4.43. The Bertz CT molecular complexity index is 494. The monoisotopic (exact) mass is 267 g/mol. The summed E-state index contributed by atoms with van der Waals surface area (Å²) in [6, 6.07) is 6.50. The van der Waals surface area contributed by atoms with Crippen LogP contribution in [0.4, 0.5) is 0 Å². The third kappa shape index (κ3) is 2.09. The van der Waals surface area contributed by atoms with Crippen molar-refractivity contribution in [1.82, 2.24) is 4.90 Å². The highest BCUT2D eigenvalue weighted by molar-refractivity contribution is 6.29. The van der Waals surface area contributed by atoms with Crippen molar-refractivity contribution < 1.29 is 19.5 Å². The molecule has 1 N–H and O–H groups in total. The molecule has 0 radical (unpaired) electrons. The first-order chi connectivity index (χ1) is 8.52. The number of carboxylic acid groups (broad SMARTS) is 1. The molecule has 2 rings (SSSR count). The summed E-state index contributed by atoms with van der Waals surface area (Å²) >= 11 is 5.55. The van der Waals surface area contributed by atoms with Gasteiger partial charge in [-0.1, -0.05) is 12.1 Å². The van der Waals surface area contributed by atoms with Crippen molar-refractivity contribution in [3.8, 4) is 0 Å². The number of carboxylic acids is 1. The molecule has 2 amide bonds. The molecule has 0 aromatic heterocycles. The van der Waals surface area contributed by atoms with Crippen LogP contribution < -0.4 is 0 Å². The van der Waals surface area contributed by atoms with Crippen molar-refractivity contribution in [2.24, 2.45) is 0 Å². The molecular weight excluding hydrogens is 258 g/mol. The van der Waals surface area contributed by atoms with Gasteiger partial charge in [0.2, 0.25) is 0 Å². The molecule has 1 heterocycles. The zero-order chi connectivity index (χ0) is 13.3. The van der Waals surface area contributed by atoms with Gasteiger partial charge in [0.1, 0.15) is 5.38 Å². The first kappa shape index (κ1) is 12.6. The average Bonchev–Trinajstić information content (AvgIpc) is 2.60. The zero-order valence-corrected chi connectivity index (χ0v) is 10.1. The number of aliphatic carboxylic acids is 1. The van der Waals surface area contributed by atoms with Crippen LogP contribution in [0.15, 0.2) is 24.3 Å². The molecule has 1 aliphatic rings. The Hall–Kier alpha value is -1.88.